The average molecular weight is 237 g/mol. The van der Waals surface area contributed by atoms with Crippen molar-refractivity contribution in [3.05, 3.63) is 47.5 Å². The van der Waals surface area contributed by atoms with E-state index >= 15 is 0 Å². The van der Waals surface area contributed by atoms with E-state index < -0.39 is 0 Å². The van der Waals surface area contributed by atoms with Gasteiger partial charge in [-0.1, -0.05) is 20.8 Å². The van der Waals surface area contributed by atoms with Crippen LogP contribution in [0.5, 0.6) is 0 Å². The first-order chi connectivity index (χ1) is 8.17. The van der Waals surface area contributed by atoms with E-state index in [2.05, 4.69) is 0 Å². The summed E-state index contributed by atoms with van der Waals surface area (Å²) in [6.45, 7) is 7.81. The average Bonchev–Trinajstić information content (AvgIpc) is 2.38. The molecule has 0 spiro atoms. The number of hydrogen-bond acceptors (Lipinski definition) is 2. The van der Waals surface area contributed by atoms with Gasteiger partial charge in [0, 0.05) is 12.0 Å². The Morgan fingerprint density at radius 3 is 2.24 bits per heavy atom. The first-order valence-electron chi connectivity index (χ1n) is 5.85. The summed E-state index contributed by atoms with van der Waals surface area (Å²) in [6, 6.07) is 5.68. The van der Waals surface area contributed by atoms with Crippen LogP contribution in [-0.4, -0.2) is 5.90 Å². The minimum absolute atomic E-state index is 0.0463. The molecule has 0 saturated heterocycles. The van der Waals surface area contributed by atoms with Crippen molar-refractivity contribution in [3.8, 4) is 0 Å². The number of allylic oxidation sites excluding steroid dienone is 2. The zero-order chi connectivity index (χ0) is 13.3. The zero-order valence-electron chi connectivity index (χ0n) is 10.9. The van der Waals surface area contributed by atoms with Crippen LogP contribution in [0.3, 0.4) is 0 Å². The lowest BCUT2D eigenvalue weighted by atomic mass is 10.2. The summed E-state index contributed by atoms with van der Waals surface area (Å²) in [6.07, 6.45) is 2.55. The molecule has 0 radical (unpaired) electrons. The summed E-state index contributed by atoms with van der Waals surface area (Å²) in [5, 5.41) is 7.65. The Morgan fingerprint density at radius 1 is 1.29 bits per heavy atom. The van der Waals surface area contributed by atoms with Crippen molar-refractivity contribution >= 4 is 5.90 Å². The van der Waals surface area contributed by atoms with Crippen LogP contribution in [0.2, 0.25) is 0 Å². The number of nitrogens with one attached hydrogen (secondary N) is 1. The number of halogens is 1. The van der Waals surface area contributed by atoms with Crippen molar-refractivity contribution in [2.24, 2.45) is 0 Å². The fourth-order valence-corrected chi connectivity index (χ4v) is 1.13. The van der Waals surface area contributed by atoms with Crippen LogP contribution in [0.4, 0.5) is 4.39 Å². The molecule has 0 bridgehead atoms. The van der Waals surface area contributed by atoms with E-state index in [1.165, 1.54) is 24.3 Å². The fourth-order valence-electron chi connectivity index (χ4n) is 1.13. The number of rotatable bonds is 3. The Balaban J connectivity index is 0.00000121. The van der Waals surface area contributed by atoms with Gasteiger partial charge in [0.05, 0.1) is 0 Å². The molecule has 0 aromatic heterocycles. The van der Waals surface area contributed by atoms with Gasteiger partial charge in [0.1, 0.15) is 11.6 Å². The molecule has 0 amide bonds. The Hall–Kier alpha value is -1.64. The van der Waals surface area contributed by atoms with Gasteiger partial charge < -0.3 is 4.74 Å². The molecule has 1 aromatic rings. The second-order valence-electron chi connectivity index (χ2n) is 3.05. The highest BCUT2D eigenvalue weighted by atomic mass is 19.1. The minimum atomic E-state index is -0.312. The highest BCUT2D eigenvalue weighted by Crippen LogP contribution is 2.09. The smallest absolute Gasteiger partial charge is 0.218 e. The largest absolute Gasteiger partial charge is 0.444 e. The van der Waals surface area contributed by atoms with Crippen LogP contribution in [0.15, 0.2) is 36.1 Å². The third-order valence-corrected chi connectivity index (χ3v) is 2.01. The van der Waals surface area contributed by atoms with Crippen LogP contribution in [-0.2, 0) is 4.74 Å². The van der Waals surface area contributed by atoms with Gasteiger partial charge in [0.2, 0.25) is 5.90 Å². The summed E-state index contributed by atoms with van der Waals surface area (Å²) in [4.78, 5) is 0. The number of hydrogen-bond donors (Lipinski definition) is 1. The maximum atomic E-state index is 12.6. The molecule has 17 heavy (non-hydrogen) atoms. The summed E-state index contributed by atoms with van der Waals surface area (Å²) < 4.78 is 17.9. The quantitative estimate of drug-likeness (QED) is 0.468. The fraction of sp³-hybridized carbons (Fsp3) is 0.357. The number of benzene rings is 1. The monoisotopic (exact) mass is 237 g/mol. The first kappa shape index (κ1) is 15.4. The molecule has 0 aliphatic carbocycles. The lowest BCUT2D eigenvalue weighted by molar-refractivity contribution is 0.395. The zero-order valence-corrected chi connectivity index (χ0v) is 10.9. The van der Waals surface area contributed by atoms with Gasteiger partial charge in [0.15, 0.2) is 0 Å². The highest BCUT2D eigenvalue weighted by Gasteiger charge is 2.04. The molecule has 0 atom stereocenters. The van der Waals surface area contributed by atoms with E-state index in [1.54, 1.807) is 0 Å². The Bertz CT molecular complexity index is 368. The molecule has 0 fully saturated rings. The summed E-state index contributed by atoms with van der Waals surface area (Å²) in [5.74, 6) is 0.475. The molecule has 0 heterocycles. The molecule has 1 rings (SSSR count). The molecule has 0 aliphatic heterocycles. The van der Waals surface area contributed by atoms with E-state index in [0.29, 0.717) is 5.56 Å². The molecule has 1 aromatic carbocycles. The molecule has 2 nitrogen and oxygen atoms in total. The predicted molar refractivity (Wildman–Crippen MR) is 69.7 cm³/mol. The van der Waals surface area contributed by atoms with E-state index in [1.807, 2.05) is 33.8 Å². The Kier molecular flexibility index (Phi) is 7.68. The van der Waals surface area contributed by atoms with Crippen molar-refractivity contribution in [2.45, 2.75) is 34.1 Å². The standard InChI is InChI=1S/C12H14FNO.C2H6/c1-3-11(4-2)15-12(14)9-5-7-10(13)8-6-9;1-2/h3,5-8,14H,4H2,1-2H3;1-2H3/b11-3+,14-12?;. The predicted octanol–water partition coefficient (Wildman–Crippen LogP) is 4.51. The normalized spacial score (nSPS) is 10.3. The van der Waals surface area contributed by atoms with Crippen LogP contribution in [0, 0.1) is 11.2 Å². The van der Waals surface area contributed by atoms with Crippen molar-refractivity contribution in [3.63, 3.8) is 0 Å². The SMILES string of the molecule is C/C=C(\CC)OC(=N)c1ccc(F)cc1.CC. The van der Waals surface area contributed by atoms with Gasteiger partial charge in [0.25, 0.3) is 0 Å². The minimum Gasteiger partial charge on any atom is -0.444 e. The van der Waals surface area contributed by atoms with E-state index in [4.69, 9.17) is 10.1 Å². The second-order valence-corrected chi connectivity index (χ2v) is 3.05. The summed E-state index contributed by atoms with van der Waals surface area (Å²) in [7, 11) is 0. The Labute approximate surface area is 103 Å². The molecular weight excluding hydrogens is 217 g/mol. The lowest BCUT2D eigenvalue weighted by Crippen LogP contribution is -2.04. The van der Waals surface area contributed by atoms with Gasteiger partial charge in [-0.15, -0.1) is 0 Å². The molecule has 3 heteroatoms. The molecular formula is C14H20FNO. The molecule has 0 saturated carbocycles. The first-order valence-corrected chi connectivity index (χ1v) is 5.85. The van der Waals surface area contributed by atoms with Gasteiger partial charge in [-0.25, -0.2) is 4.39 Å². The third kappa shape index (κ3) is 5.29. The van der Waals surface area contributed by atoms with Crippen LogP contribution >= 0.6 is 0 Å². The van der Waals surface area contributed by atoms with E-state index in [-0.39, 0.29) is 11.7 Å². The summed E-state index contributed by atoms with van der Waals surface area (Å²) in [5.41, 5.74) is 0.573. The number of ether oxygens (including phenoxy) is 1. The maximum absolute atomic E-state index is 12.6. The van der Waals surface area contributed by atoms with Crippen LogP contribution in [0.1, 0.15) is 39.7 Å². The van der Waals surface area contributed by atoms with Gasteiger partial charge in [-0.3, -0.25) is 5.41 Å². The summed E-state index contributed by atoms with van der Waals surface area (Å²) >= 11 is 0. The van der Waals surface area contributed by atoms with Crippen LogP contribution in [0.25, 0.3) is 0 Å². The van der Waals surface area contributed by atoms with Crippen molar-refractivity contribution in [1.29, 1.82) is 5.41 Å². The molecule has 1 N–H and O–H groups in total. The topological polar surface area (TPSA) is 33.1 Å². The van der Waals surface area contributed by atoms with E-state index in [9.17, 15) is 4.39 Å². The van der Waals surface area contributed by atoms with Crippen molar-refractivity contribution in [2.75, 3.05) is 0 Å². The van der Waals surface area contributed by atoms with Crippen molar-refractivity contribution in [1.82, 2.24) is 0 Å². The third-order valence-electron chi connectivity index (χ3n) is 2.01. The van der Waals surface area contributed by atoms with Crippen LogP contribution < -0.4 is 0 Å². The maximum Gasteiger partial charge on any atom is 0.218 e. The van der Waals surface area contributed by atoms with Gasteiger partial charge >= 0.3 is 0 Å². The van der Waals surface area contributed by atoms with Gasteiger partial charge in [-0.05, 0) is 37.3 Å². The molecule has 0 unspecified atom stereocenters. The second kappa shape index (κ2) is 8.50. The molecule has 0 aliphatic rings. The van der Waals surface area contributed by atoms with Crippen molar-refractivity contribution < 1.29 is 9.13 Å². The van der Waals surface area contributed by atoms with E-state index in [0.717, 1.165) is 12.2 Å². The van der Waals surface area contributed by atoms with Gasteiger partial charge in [-0.2, -0.15) is 0 Å². The molecule has 94 valence electrons. The highest BCUT2D eigenvalue weighted by molar-refractivity contribution is 5.92. The lowest BCUT2D eigenvalue weighted by Gasteiger charge is -2.08. The Morgan fingerprint density at radius 2 is 1.82 bits per heavy atom.